The number of amides is 1. The number of allylic oxidation sites excluding steroid dienone is 2. The van der Waals surface area contributed by atoms with Gasteiger partial charge < -0.3 is 32.7 Å². The van der Waals surface area contributed by atoms with E-state index in [9.17, 15) is 35.8 Å². The predicted octanol–water partition coefficient (Wildman–Crippen LogP) is -1.49. The van der Waals surface area contributed by atoms with E-state index < -0.39 is 61.4 Å². The van der Waals surface area contributed by atoms with Crippen LogP contribution in [0.5, 0.6) is 0 Å². The molecule has 0 spiro atoms. The molecule has 258 valence electrons. The number of quaternary nitrogens is 2. The minimum atomic E-state index is -4.77. The SMILES string of the molecule is C.C.C.CC(=O)CC(=O)NS(=O)(=O)[O-].CC1=CC(=O)CS(=O)(=O)O1.CC[NH+](CC)CC.C[NH+](C)C.O=S([O-])O[O-].[HH].[HH].[HH].[HH].[HH].[HH]. The second-order valence-electron chi connectivity index (χ2n) is 7.45. The van der Waals surface area contributed by atoms with Crippen molar-refractivity contribution < 1.29 is 76.7 Å². The summed E-state index contributed by atoms with van der Waals surface area (Å²) in [6, 6.07) is 0. The molecule has 0 radical (unpaired) electrons. The lowest BCUT2D eigenvalue weighted by molar-refractivity contribution is -0.894. The van der Waals surface area contributed by atoms with Crippen LogP contribution < -0.4 is 19.8 Å². The van der Waals surface area contributed by atoms with Gasteiger partial charge in [0, 0.05) is 14.6 Å². The van der Waals surface area contributed by atoms with Gasteiger partial charge in [0.2, 0.25) is 5.91 Å². The first-order valence-electron chi connectivity index (χ1n) is 10.5. The summed E-state index contributed by atoms with van der Waals surface area (Å²) in [6.45, 7) is 13.0. The molecule has 19 heteroatoms. The van der Waals surface area contributed by atoms with Crippen molar-refractivity contribution in [3.05, 3.63) is 11.8 Å². The van der Waals surface area contributed by atoms with E-state index in [1.165, 1.54) is 37.5 Å². The molecule has 1 heterocycles. The summed E-state index contributed by atoms with van der Waals surface area (Å²) in [6.07, 6.45) is 0.572. The summed E-state index contributed by atoms with van der Waals surface area (Å²) in [5.41, 5.74) is 0. The molecule has 16 nitrogen and oxygen atoms in total. The van der Waals surface area contributed by atoms with Gasteiger partial charge in [0.05, 0.1) is 58.6 Å². The second kappa shape index (κ2) is 30.1. The minimum absolute atomic E-state index is 0. The number of Topliss-reactive ketones (excluding diaryl/α,β-unsaturated/α-hetero) is 1. The predicted molar refractivity (Wildman–Crippen MR) is 161 cm³/mol. The Balaban J connectivity index is -0.0000000266. The van der Waals surface area contributed by atoms with Crippen molar-refractivity contribution in [2.75, 3.05) is 46.5 Å². The third-order valence-corrected chi connectivity index (χ3v) is 4.89. The molecule has 0 fully saturated rings. The molecular weight excluding hydrogens is 598 g/mol. The van der Waals surface area contributed by atoms with Crippen molar-refractivity contribution >= 4 is 49.3 Å². The second-order valence-corrected chi connectivity index (χ2v) is 10.7. The first kappa shape index (κ1) is 54.3. The highest BCUT2D eigenvalue weighted by Gasteiger charge is 2.22. The molecule has 1 atom stereocenters. The number of nitrogens with one attached hydrogen (secondary N) is 3. The molecule has 0 aromatic heterocycles. The molecule has 0 bridgehead atoms. The molecule has 0 aromatic carbocycles. The van der Waals surface area contributed by atoms with Crippen LogP contribution in [0.15, 0.2) is 11.8 Å². The van der Waals surface area contributed by atoms with Crippen molar-refractivity contribution in [3.8, 4) is 0 Å². The molecule has 1 aliphatic rings. The third kappa shape index (κ3) is 52.6. The lowest BCUT2D eigenvalue weighted by Gasteiger charge is -2.10. The third-order valence-electron chi connectivity index (χ3n) is 3.15. The quantitative estimate of drug-likeness (QED) is 0.0704. The monoisotopic (exact) mass is 660 g/mol. The first-order chi connectivity index (χ1) is 16.7. The molecule has 0 saturated carbocycles. The summed E-state index contributed by atoms with van der Waals surface area (Å²) >= 11 is -2.88. The smallest absolute Gasteiger partial charge is 0.316 e. The zero-order chi connectivity index (χ0) is 30.4. The van der Waals surface area contributed by atoms with Gasteiger partial charge in [-0.05, 0) is 34.6 Å². The van der Waals surface area contributed by atoms with E-state index in [-0.39, 0.29) is 36.6 Å². The zero-order valence-electron chi connectivity index (χ0n) is 22.1. The Kier molecular flexibility index (Phi) is 40.9. The molecule has 0 aromatic rings. The van der Waals surface area contributed by atoms with Crippen molar-refractivity contribution in [1.82, 2.24) is 4.72 Å². The van der Waals surface area contributed by atoms with E-state index in [0.717, 1.165) is 11.6 Å². The van der Waals surface area contributed by atoms with Crippen molar-refractivity contribution in [1.29, 1.82) is 0 Å². The summed E-state index contributed by atoms with van der Waals surface area (Å²) < 4.78 is 76.2. The van der Waals surface area contributed by atoms with Crippen LogP contribution in [0.25, 0.3) is 0 Å². The lowest BCUT2D eigenvalue weighted by atomic mass is 10.3. The van der Waals surface area contributed by atoms with E-state index in [1.807, 2.05) is 0 Å². The van der Waals surface area contributed by atoms with Gasteiger partial charge in [-0.15, -0.1) is 0 Å². The number of ketones is 2. The maximum absolute atomic E-state index is 10.6. The summed E-state index contributed by atoms with van der Waals surface area (Å²) in [7, 11) is -2.12. The zero-order valence-corrected chi connectivity index (χ0v) is 24.6. The van der Waals surface area contributed by atoms with Crippen LogP contribution in [0.4, 0.5) is 0 Å². The fourth-order valence-electron chi connectivity index (χ4n) is 1.85. The average Bonchev–Trinajstić information content (AvgIpc) is 2.66. The summed E-state index contributed by atoms with van der Waals surface area (Å²) in [5.74, 6) is -2.44. The van der Waals surface area contributed by atoms with Gasteiger partial charge in [-0.2, -0.15) is 8.42 Å². The maximum Gasteiger partial charge on any atom is 0.316 e. The fraction of sp³-hybridized carbons (Fsp3) is 0.762. The van der Waals surface area contributed by atoms with Gasteiger partial charge >= 0.3 is 10.1 Å². The van der Waals surface area contributed by atoms with Gasteiger partial charge in [0.25, 0.3) is 0 Å². The van der Waals surface area contributed by atoms with E-state index in [4.69, 9.17) is 14.0 Å². The topological polar surface area (TPSA) is 245 Å². The van der Waals surface area contributed by atoms with Crippen LogP contribution in [0.2, 0.25) is 0 Å². The van der Waals surface area contributed by atoms with E-state index >= 15 is 0 Å². The van der Waals surface area contributed by atoms with Crippen LogP contribution in [0.1, 0.15) is 71.9 Å². The summed E-state index contributed by atoms with van der Waals surface area (Å²) in [5, 5.41) is 8.52. The molecule has 0 aliphatic carbocycles. The molecule has 1 amide bonds. The van der Waals surface area contributed by atoms with E-state index in [0.29, 0.717) is 0 Å². The molecule has 1 rings (SSSR count). The normalized spacial score (nSPS) is 13.3. The Morgan fingerprint density at radius 3 is 1.65 bits per heavy atom. The molecule has 1 unspecified atom stereocenters. The Morgan fingerprint density at radius 1 is 1.12 bits per heavy atom. The highest BCUT2D eigenvalue weighted by molar-refractivity contribution is 7.87. The van der Waals surface area contributed by atoms with Crippen molar-refractivity contribution in [2.24, 2.45) is 0 Å². The van der Waals surface area contributed by atoms with E-state index in [1.54, 1.807) is 4.90 Å². The van der Waals surface area contributed by atoms with Gasteiger partial charge in [-0.1, -0.05) is 22.3 Å². The highest BCUT2D eigenvalue weighted by Crippen LogP contribution is 2.09. The van der Waals surface area contributed by atoms with Gasteiger partial charge in [0.15, 0.2) is 16.1 Å². The number of rotatable bonds is 7. The van der Waals surface area contributed by atoms with E-state index in [2.05, 4.69) is 50.4 Å². The average molecular weight is 661 g/mol. The number of carbonyl (C=O) groups excluding carboxylic acids is 3. The first-order valence-corrected chi connectivity index (χ1v) is 14.5. The van der Waals surface area contributed by atoms with Crippen LogP contribution in [-0.2, 0) is 54.7 Å². The largest absolute Gasteiger partial charge is 0.750 e. The van der Waals surface area contributed by atoms with Gasteiger partial charge in [-0.3, -0.25) is 19.1 Å². The Hall–Kier alpha value is -1.84. The number of hydrogen-bond acceptors (Lipinski definition) is 13. The molecule has 1 aliphatic heterocycles. The Bertz CT molecular complexity index is 950. The molecule has 0 saturated heterocycles. The lowest BCUT2D eigenvalue weighted by Crippen LogP contribution is -3.11. The fourth-order valence-corrected chi connectivity index (χ4v) is 3.14. The molecular formula is C21H62N3O13S3-. The van der Waals surface area contributed by atoms with Crippen molar-refractivity contribution in [2.45, 2.75) is 63.3 Å². The van der Waals surface area contributed by atoms with Crippen molar-refractivity contribution in [3.63, 3.8) is 0 Å². The van der Waals surface area contributed by atoms with Crippen LogP contribution in [0.3, 0.4) is 0 Å². The van der Waals surface area contributed by atoms with Gasteiger partial charge in [-0.25, -0.2) is 12.6 Å². The van der Waals surface area contributed by atoms with Crippen LogP contribution in [-0.4, -0.2) is 94.2 Å². The standard InChI is InChI=1S/C6H15N.C5H6O4S.C4H7NO5S.C3H9N.3CH4.H2O4S.6H2/c1-4-7(5-2)6-3;1-4-2-5(6)3-10(7,8)9-4;1-3(6)2-4(7)5-11(8,9)10;1-4(2)3;;;;1-4-5(2)3;;;;;;/h4-6H2,1-3H3;2H,3H2,1H3;2H2,1H3,(H,5,7)(H,8,9,10);1-3H3;3*1H4;1H,(H,2,3);6*1H/p-1. The van der Waals surface area contributed by atoms with Crippen LogP contribution in [0, 0.1) is 0 Å². The number of hydrogen-bond donors (Lipinski definition) is 3. The highest BCUT2D eigenvalue weighted by atomic mass is 32.2. The van der Waals surface area contributed by atoms with Gasteiger partial charge in [0.1, 0.15) is 17.3 Å². The maximum atomic E-state index is 10.6. The summed E-state index contributed by atoms with van der Waals surface area (Å²) in [4.78, 5) is 34.2. The Labute approximate surface area is 252 Å². The molecule has 3 N–H and O–H groups in total. The molecule has 40 heavy (non-hydrogen) atoms. The number of carbonyl (C=O) groups is 3. The van der Waals surface area contributed by atoms with Crippen LogP contribution >= 0.6 is 0 Å². The Morgan fingerprint density at radius 2 is 1.48 bits per heavy atom. The minimum Gasteiger partial charge on any atom is -0.750 e.